The fourth-order valence-corrected chi connectivity index (χ4v) is 2.47. The Kier molecular flexibility index (Phi) is 7.03. The van der Waals surface area contributed by atoms with Crippen molar-refractivity contribution in [1.82, 2.24) is 14.5 Å². The molecule has 3 nitrogen and oxygen atoms in total. The second-order valence-electron chi connectivity index (χ2n) is 5.20. The highest BCUT2D eigenvalue weighted by atomic mass is 15.1. The van der Waals surface area contributed by atoms with Gasteiger partial charge in [0.25, 0.3) is 0 Å². The molecule has 0 fully saturated rings. The minimum atomic E-state index is 0.606. The van der Waals surface area contributed by atoms with Crippen molar-refractivity contribution in [3.05, 3.63) is 36.3 Å². The van der Waals surface area contributed by atoms with Crippen molar-refractivity contribution in [2.45, 2.75) is 55.0 Å². The molecule has 0 aliphatic heterocycles. The third-order valence-corrected chi connectivity index (χ3v) is 3.19. The van der Waals surface area contributed by atoms with Crippen LogP contribution in [0.15, 0.2) is 30.6 Å². The van der Waals surface area contributed by atoms with Crippen LogP contribution < -0.4 is 0 Å². The first-order valence-electron chi connectivity index (χ1n) is 8.37. The summed E-state index contributed by atoms with van der Waals surface area (Å²) < 4.78 is 2.25. The lowest BCUT2D eigenvalue weighted by molar-refractivity contribution is 0.533. The molecule has 0 radical (unpaired) electrons. The van der Waals surface area contributed by atoms with Gasteiger partial charge in [0.05, 0.1) is 23.1 Å². The Balaban J connectivity index is 0.000000561. The van der Waals surface area contributed by atoms with Gasteiger partial charge in [0.1, 0.15) is 5.52 Å². The molecule has 120 valence electrons. The lowest BCUT2D eigenvalue weighted by Gasteiger charge is -2.09. The molecule has 0 saturated heterocycles. The molecule has 0 aliphatic rings. The molecular formula is C19H29N3. The van der Waals surface area contributed by atoms with Crippen LogP contribution in [0.2, 0.25) is 0 Å². The molecule has 0 spiro atoms. The van der Waals surface area contributed by atoms with Gasteiger partial charge in [0, 0.05) is 11.9 Å². The highest BCUT2D eigenvalue weighted by Gasteiger charge is 2.11. The molecule has 0 atom stereocenters. The van der Waals surface area contributed by atoms with Gasteiger partial charge in [-0.2, -0.15) is 0 Å². The second-order valence-corrected chi connectivity index (χ2v) is 5.20. The van der Waals surface area contributed by atoms with Crippen LogP contribution in [0, 0.1) is 12.8 Å². The summed E-state index contributed by atoms with van der Waals surface area (Å²) >= 11 is 0. The van der Waals surface area contributed by atoms with E-state index in [1.54, 1.807) is 0 Å². The first-order valence-corrected chi connectivity index (χ1v) is 8.37. The van der Waals surface area contributed by atoms with E-state index in [9.17, 15) is 0 Å². The Labute approximate surface area is 134 Å². The molecule has 0 saturated carbocycles. The summed E-state index contributed by atoms with van der Waals surface area (Å²) in [6.45, 7) is 15.5. The van der Waals surface area contributed by atoms with Crippen molar-refractivity contribution in [2.75, 3.05) is 0 Å². The van der Waals surface area contributed by atoms with Crippen molar-refractivity contribution in [2.24, 2.45) is 5.92 Å². The normalized spacial score (nSPS) is 10.2. The molecule has 3 aromatic rings. The zero-order chi connectivity index (χ0) is 16.7. The highest BCUT2D eigenvalue weighted by molar-refractivity contribution is 6.03. The summed E-state index contributed by atoms with van der Waals surface area (Å²) in [5.41, 5.74) is 4.29. The summed E-state index contributed by atoms with van der Waals surface area (Å²) in [6.07, 6.45) is 1.94. The first kappa shape index (κ1) is 18.1. The predicted octanol–water partition coefficient (Wildman–Crippen LogP) is 5.60. The standard InChI is InChI=1S/C15H17N3.2C2H6/c1-10(2)8-18-9-16-14-11(3)17-13-7-5-4-6-12(13)15(14)18;2*1-2/h4-7,9-10H,8H2,1-3H3;2*1-2H3. The van der Waals surface area contributed by atoms with Crippen LogP contribution in [-0.4, -0.2) is 14.5 Å². The van der Waals surface area contributed by atoms with Crippen molar-refractivity contribution < 1.29 is 0 Å². The van der Waals surface area contributed by atoms with E-state index < -0.39 is 0 Å². The molecule has 0 unspecified atom stereocenters. The number of imidazole rings is 1. The smallest absolute Gasteiger partial charge is 0.110 e. The molecule has 3 rings (SSSR count). The van der Waals surface area contributed by atoms with E-state index in [0.29, 0.717) is 5.92 Å². The Morgan fingerprint density at radius 3 is 2.32 bits per heavy atom. The number of pyridine rings is 1. The van der Waals surface area contributed by atoms with Gasteiger partial charge in [-0.25, -0.2) is 4.98 Å². The van der Waals surface area contributed by atoms with Gasteiger partial charge in [0.15, 0.2) is 0 Å². The monoisotopic (exact) mass is 299 g/mol. The molecular weight excluding hydrogens is 270 g/mol. The fourth-order valence-electron chi connectivity index (χ4n) is 2.47. The van der Waals surface area contributed by atoms with Crippen LogP contribution in [0.25, 0.3) is 21.9 Å². The van der Waals surface area contributed by atoms with Crippen molar-refractivity contribution >= 4 is 21.9 Å². The average Bonchev–Trinajstić information content (AvgIpc) is 2.95. The number of para-hydroxylation sites is 1. The Bertz CT molecular complexity index is 711. The first-order chi connectivity index (χ1) is 10.7. The average molecular weight is 299 g/mol. The minimum absolute atomic E-state index is 0.606. The zero-order valence-corrected chi connectivity index (χ0v) is 15.0. The van der Waals surface area contributed by atoms with Gasteiger partial charge >= 0.3 is 0 Å². The Hall–Kier alpha value is -1.90. The van der Waals surface area contributed by atoms with E-state index in [2.05, 4.69) is 46.6 Å². The molecule has 0 amide bonds. The van der Waals surface area contributed by atoms with Crippen molar-refractivity contribution in [3.63, 3.8) is 0 Å². The number of aryl methyl sites for hydroxylation is 1. The van der Waals surface area contributed by atoms with Gasteiger partial charge in [-0.05, 0) is 18.9 Å². The third-order valence-electron chi connectivity index (χ3n) is 3.19. The largest absolute Gasteiger partial charge is 0.330 e. The molecule has 22 heavy (non-hydrogen) atoms. The Morgan fingerprint density at radius 1 is 1.05 bits per heavy atom. The summed E-state index contributed by atoms with van der Waals surface area (Å²) in [4.78, 5) is 9.14. The van der Waals surface area contributed by atoms with Gasteiger partial charge in [-0.3, -0.25) is 4.98 Å². The topological polar surface area (TPSA) is 30.7 Å². The third kappa shape index (κ3) is 3.65. The van der Waals surface area contributed by atoms with E-state index >= 15 is 0 Å². The van der Waals surface area contributed by atoms with Crippen molar-refractivity contribution in [1.29, 1.82) is 0 Å². The number of hydrogen-bond acceptors (Lipinski definition) is 2. The molecule has 0 N–H and O–H groups in total. The van der Waals surface area contributed by atoms with Crippen LogP contribution in [0.5, 0.6) is 0 Å². The summed E-state index contributed by atoms with van der Waals surface area (Å²) in [6, 6.07) is 8.28. The number of nitrogens with zero attached hydrogens (tertiary/aromatic N) is 3. The van der Waals surface area contributed by atoms with Crippen LogP contribution in [-0.2, 0) is 6.54 Å². The SMILES string of the molecule is CC.CC.Cc1nc2ccccc2c2c1ncn2CC(C)C. The van der Waals surface area contributed by atoms with E-state index in [4.69, 9.17) is 0 Å². The fraction of sp³-hybridized carbons (Fsp3) is 0.474. The van der Waals surface area contributed by atoms with E-state index in [1.165, 1.54) is 10.9 Å². The van der Waals surface area contributed by atoms with E-state index in [-0.39, 0.29) is 0 Å². The highest BCUT2D eigenvalue weighted by Crippen LogP contribution is 2.25. The lowest BCUT2D eigenvalue weighted by atomic mass is 10.1. The van der Waals surface area contributed by atoms with Gasteiger partial charge in [-0.1, -0.05) is 59.7 Å². The van der Waals surface area contributed by atoms with E-state index in [1.807, 2.05) is 47.0 Å². The summed E-state index contributed by atoms with van der Waals surface area (Å²) in [7, 11) is 0. The van der Waals surface area contributed by atoms with Gasteiger partial charge in [0.2, 0.25) is 0 Å². The summed E-state index contributed by atoms with van der Waals surface area (Å²) in [5, 5.41) is 1.19. The maximum atomic E-state index is 4.62. The molecule has 0 aliphatic carbocycles. The quantitative estimate of drug-likeness (QED) is 0.616. The molecule has 0 bridgehead atoms. The summed E-state index contributed by atoms with van der Waals surface area (Å²) in [5.74, 6) is 0.606. The van der Waals surface area contributed by atoms with E-state index in [0.717, 1.165) is 23.3 Å². The number of fused-ring (bicyclic) bond motifs is 3. The number of benzene rings is 1. The van der Waals surface area contributed by atoms with Gasteiger partial charge < -0.3 is 4.57 Å². The number of hydrogen-bond donors (Lipinski definition) is 0. The molecule has 3 heteroatoms. The molecule has 2 heterocycles. The number of aromatic nitrogens is 3. The minimum Gasteiger partial charge on any atom is -0.330 e. The Morgan fingerprint density at radius 2 is 1.68 bits per heavy atom. The van der Waals surface area contributed by atoms with Crippen LogP contribution in [0.1, 0.15) is 47.2 Å². The zero-order valence-electron chi connectivity index (χ0n) is 15.0. The molecule has 2 aromatic heterocycles. The van der Waals surface area contributed by atoms with Crippen LogP contribution in [0.3, 0.4) is 0 Å². The number of rotatable bonds is 2. The van der Waals surface area contributed by atoms with Gasteiger partial charge in [-0.15, -0.1) is 0 Å². The van der Waals surface area contributed by atoms with Crippen molar-refractivity contribution in [3.8, 4) is 0 Å². The second kappa shape index (κ2) is 8.52. The maximum Gasteiger partial charge on any atom is 0.110 e. The maximum absolute atomic E-state index is 4.62. The predicted molar refractivity (Wildman–Crippen MR) is 97.3 cm³/mol. The van der Waals surface area contributed by atoms with Crippen LogP contribution >= 0.6 is 0 Å². The van der Waals surface area contributed by atoms with Crippen LogP contribution in [0.4, 0.5) is 0 Å². The molecule has 1 aromatic carbocycles. The lowest BCUT2D eigenvalue weighted by Crippen LogP contribution is -2.03.